The molecule has 2 N–H and O–H groups in total. The number of ether oxygens (including phenoxy) is 5. The summed E-state index contributed by atoms with van der Waals surface area (Å²) in [5, 5.41) is 0. The quantitative estimate of drug-likeness (QED) is 0.737. The molecule has 1 aliphatic heterocycles. The molecule has 8 heteroatoms. The van der Waals surface area contributed by atoms with Gasteiger partial charge in [0.25, 0.3) is 5.88 Å². The molecule has 2 aromatic rings. The minimum atomic E-state index is -0.895. The summed E-state index contributed by atoms with van der Waals surface area (Å²) in [6.07, 6.45) is 2.53. The first kappa shape index (κ1) is 21.3. The second-order valence-electron chi connectivity index (χ2n) is 7.28. The third-order valence-corrected chi connectivity index (χ3v) is 4.71. The lowest BCUT2D eigenvalue weighted by atomic mass is 9.96. The van der Waals surface area contributed by atoms with E-state index < -0.39 is 17.8 Å². The molecule has 0 saturated heterocycles. The molecule has 1 aromatic heterocycles. The number of pyridine rings is 1. The second-order valence-corrected chi connectivity index (χ2v) is 7.28. The Morgan fingerprint density at radius 2 is 1.90 bits per heavy atom. The molecule has 2 heterocycles. The first-order valence-corrected chi connectivity index (χ1v) is 9.41. The van der Waals surface area contributed by atoms with E-state index in [0.29, 0.717) is 34.4 Å². The molecule has 0 saturated carbocycles. The van der Waals surface area contributed by atoms with Crippen LogP contribution in [0.25, 0.3) is 6.08 Å². The average molecular weight is 414 g/mol. The van der Waals surface area contributed by atoms with Crippen molar-refractivity contribution in [3.8, 4) is 23.1 Å². The van der Waals surface area contributed by atoms with Crippen molar-refractivity contribution in [2.45, 2.75) is 32.0 Å². The Hall–Kier alpha value is -3.42. The molecule has 1 amide bonds. The van der Waals surface area contributed by atoms with Gasteiger partial charge < -0.3 is 29.4 Å². The average Bonchev–Trinajstić information content (AvgIpc) is 2.71. The lowest BCUT2D eigenvalue weighted by Gasteiger charge is -2.30. The topological polar surface area (TPSA) is 102 Å². The van der Waals surface area contributed by atoms with Crippen molar-refractivity contribution >= 4 is 12.2 Å². The number of rotatable bonds is 7. The summed E-state index contributed by atoms with van der Waals surface area (Å²) in [5.41, 5.74) is 6.98. The van der Waals surface area contributed by atoms with Gasteiger partial charge in [0, 0.05) is 17.7 Å². The standard InChI is InChI=1S/C22H26N2O6/c1-22(2)11-10-15-16(30-22)9-7-14(19(15)27-4)18(29-21(23)25)12-13-6-8-17(26-3)20(24-13)28-5/h6-11,18H,12H2,1-5H3,(H2,23,25). The summed E-state index contributed by atoms with van der Waals surface area (Å²) in [4.78, 5) is 16.1. The molecule has 0 bridgehead atoms. The fourth-order valence-electron chi connectivity index (χ4n) is 3.35. The Bertz CT molecular complexity index is 970. The first-order chi connectivity index (χ1) is 14.3. The first-order valence-electron chi connectivity index (χ1n) is 9.41. The second kappa shape index (κ2) is 8.52. The molecular weight excluding hydrogens is 388 g/mol. The van der Waals surface area contributed by atoms with Crippen LogP contribution in [-0.4, -0.2) is 38.0 Å². The highest BCUT2D eigenvalue weighted by molar-refractivity contribution is 5.70. The van der Waals surface area contributed by atoms with Crippen molar-refractivity contribution in [2.75, 3.05) is 21.3 Å². The molecular formula is C22H26N2O6. The predicted molar refractivity (Wildman–Crippen MR) is 111 cm³/mol. The molecule has 1 unspecified atom stereocenters. The summed E-state index contributed by atoms with van der Waals surface area (Å²) in [6.45, 7) is 3.93. The highest BCUT2D eigenvalue weighted by atomic mass is 16.6. The minimum absolute atomic E-state index is 0.258. The van der Waals surface area contributed by atoms with E-state index in [0.717, 1.165) is 5.56 Å². The zero-order valence-electron chi connectivity index (χ0n) is 17.7. The van der Waals surface area contributed by atoms with E-state index in [9.17, 15) is 4.79 Å². The Kier molecular flexibility index (Phi) is 6.05. The van der Waals surface area contributed by atoms with Crippen LogP contribution >= 0.6 is 0 Å². The fraction of sp³-hybridized carbons (Fsp3) is 0.364. The lowest BCUT2D eigenvalue weighted by Crippen LogP contribution is -2.28. The van der Waals surface area contributed by atoms with Gasteiger partial charge in [-0.2, -0.15) is 0 Å². The fourth-order valence-corrected chi connectivity index (χ4v) is 3.35. The Morgan fingerprint density at radius 3 is 2.53 bits per heavy atom. The van der Waals surface area contributed by atoms with Crippen LogP contribution in [0.1, 0.15) is 36.8 Å². The van der Waals surface area contributed by atoms with E-state index in [2.05, 4.69) is 4.98 Å². The Balaban J connectivity index is 2.01. The number of carbonyl (C=O) groups is 1. The van der Waals surface area contributed by atoms with Crippen molar-refractivity contribution in [3.05, 3.63) is 47.2 Å². The molecule has 0 radical (unpaired) electrons. The number of nitrogens with two attached hydrogens (primary N) is 1. The summed E-state index contributed by atoms with van der Waals surface area (Å²) < 4.78 is 27.6. The minimum Gasteiger partial charge on any atom is -0.496 e. The van der Waals surface area contributed by atoms with Crippen molar-refractivity contribution in [3.63, 3.8) is 0 Å². The molecule has 8 nitrogen and oxygen atoms in total. The van der Waals surface area contributed by atoms with Gasteiger partial charge in [0.05, 0.1) is 26.9 Å². The van der Waals surface area contributed by atoms with E-state index in [1.54, 1.807) is 25.3 Å². The van der Waals surface area contributed by atoms with Gasteiger partial charge in [-0.05, 0) is 50.3 Å². The van der Waals surface area contributed by atoms with E-state index in [1.807, 2.05) is 32.1 Å². The van der Waals surface area contributed by atoms with E-state index >= 15 is 0 Å². The smallest absolute Gasteiger partial charge is 0.405 e. The van der Waals surface area contributed by atoms with Crippen LogP contribution in [-0.2, 0) is 11.2 Å². The summed E-state index contributed by atoms with van der Waals surface area (Å²) in [6, 6.07) is 7.15. The zero-order valence-corrected chi connectivity index (χ0v) is 17.7. The molecule has 0 aliphatic carbocycles. The number of methoxy groups -OCH3 is 3. The lowest BCUT2D eigenvalue weighted by molar-refractivity contribution is 0.104. The largest absolute Gasteiger partial charge is 0.496 e. The Labute approximate surface area is 175 Å². The van der Waals surface area contributed by atoms with Gasteiger partial charge in [0.15, 0.2) is 5.75 Å². The summed E-state index contributed by atoms with van der Waals surface area (Å²) >= 11 is 0. The number of carbonyl (C=O) groups excluding carboxylic acids is 1. The van der Waals surface area contributed by atoms with Crippen LogP contribution in [0.5, 0.6) is 23.1 Å². The summed E-state index contributed by atoms with van der Waals surface area (Å²) in [5.74, 6) is 2.07. The van der Waals surface area contributed by atoms with Gasteiger partial charge in [-0.1, -0.05) is 0 Å². The number of benzene rings is 1. The van der Waals surface area contributed by atoms with Crippen LogP contribution in [0.4, 0.5) is 4.79 Å². The van der Waals surface area contributed by atoms with Crippen molar-refractivity contribution in [2.24, 2.45) is 5.73 Å². The highest BCUT2D eigenvalue weighted by Crippen LogP contribution is 2.42. The number of fused-ring (bicyclic) bond motifs is 1. The summed E-state index contributed by atoms with van der Waals surface area (Å²) in [7, 11) is 4.60. The van der Waals surface area contributed by atoms with Crippen LogP contribution in [0.15, 0.2) is 30.3 Å². The van der Waals surface area contributed by atoms with Gasteiger partial charge >= 0.3 is 6.09 Å². The van der Waals surface area contributed by atoms with Crippen LogP contribution in [0.3, 0.4) is 0 Å². The maximum Gasteiger partial charge on any atom is 0.405 e. The molecule has 1 aliphatic rings. The number of hydrogen-bond acceptors (Lipinski definition) is 7. The maximum atomic E-state index is 11.6. The molecule has 0 fully saturated rings. The molecule has 160 valence electrons. The third-order valence-electron chi connectivity index (χ3n) is 4.71. The third kappa shape index (κ3) is 4.42. The van der Waals surface area contributed by atoms with Crippen LogP contribution in [0.2, 0.25) is 0 Å². The van der Waals surface area contributed by atoms with E-state index in [1.165, 1.54) is 14.2 Å². The van der Waals surface area contributed by atoms with E-state index in [-0.39, 0.29) is 6.42 Å². The van der Waals surface area contributed by atoms with Crippen LogP contribution in [0, 0.1) is 0 Å². The number of hydrogen-bond donors (Lipinski definition) is 1. The maximum absolute atomic E-state index is 11.6. The van der Waals surface area contributed by atoms with Crippen molar-refractivity contribution in [1.29, 1.82) is 0 Å². The SMILES string of the molecule is COc1ccc(CC(OC(N)=O)c2ccc3c(c2OC)C=CC(C)(C)O3)nc1OC. The van der Waals surface area contributed by atoms with Gasteiger partial charge in [0.1, 0.15) is 23.2 Å². The molecule has 3 rings (SSSR count). The zero-order chi connectivity index (χ0) is 21.9. The van der Waals surface area contributed by atoms with Crippen molar-refractivity contribution < 1.29 is 28.5 Å². The predicted octanol–water partition coefficient (Wildman–Crippen LogP) is 3.67. The van der Waals surface area contributed by atoms with E-state index in [4.69, 9.17) is 29.4 Å². The molecule has 0 spiro atoms. The Morgan fingerprint density at radius 1 is 1.13 bits per heavy atom. The molecule has 1 aromatic carbocycles. The van der Waals surface area contributed by atoms with Crippen LogP contribution < -0.4 is 24.7 Å². The normalized spacial score (nSPS) is 14.8. The van der Waals surface area contributed by atoms with Gasteiger partial charge in [-0.3, -0.25) is 0 Å². The van der Waals surface area contributed by atoms with Gasteiger partial charge in [-0.15, -0.1) is 0 Å². The monoisotopic (exact) mass is 414 g/mol. The van der Waals surface area contributed by atoms with Gasteiger partial charge in [-0.25, -0.2) is 9.78 Å². The number of amides is 1. The number of nitrogens with zero attached hydrogens (tertiary/aromatic N) is 1. The highest BCUT2D eigenvalue weighted by Gasteiger charge is 2.29. The number of primary amides is 1. The molecule has 30 heavy (non-hydrogen) atoms. The molecule has 1 atom stereocenters. The van der Waals surface area contributed by atoms with Crippen molar-refractivity contribution in [1.82, 2.24) is 4.98 Å². The van der Waals surface area contributed by atoms with Gasteiger partial charge in [0.2, 0.25) is 0 Å². The number of aromatic nitrogens is 1.